The van der Waals surface area contributed by atoms with Crippen molar-refractivity contribution in [2.24, 2.45) is 0 Å². The second kappa shape index (κ2) is 5.70. The quantitative estimate of drug-likeness (QED) is 0.514. The van der Waals surface area contributed by atoms with Crippen molar-refractivity contribution in [1.29, 1.82) is 0 Å². The molecule has 0 fully saturated rings. The topological polar surface area (TPSA) is 61.8 Å². The number of ether oxygens (including phenoxy) is 2. The third-order valence-electron chi connectivity index (χ3n) is 4.19. The third-order valence-corrected chi connectivity index (χ3v) is 4.19. The second-order valence-electron chi connectivity index (χ2n) is 5.82. The summed E-state index contributed by atoms with van der Waals surface area (Å²) in [5.74, 6) is 1.56. The maximum atomic E-state index is 12.5. The Balaban J connectivity index is 2.02. The van der Waals surface area contributed by atoms with Crippen molar-refractivity contribution >= 4 is 21.9 Å². The van der Waals surface area contributed by atoms with E-state index in [4.69, 9.17) is 18.3 Å². The fraction of sp³-hybridized carbons (Fsp3) is 0.150. The summed E-state index contributed by atoms with van der Waals surface area (Å²) in [7, 11) is 3.15. The molecule has 2 aromatic heterocycles. The molecule has 0 aliphatic carbocycles. The van der Waals surface area contributed by atoms with E-state index < -0.39 is 5.63 Å². The smallest absolute Gasteiger partial charge is 0.347 e. The Morgan fingerprint density at radius 1 is 0.880 bits per heavy atom. The molecule has 5 heteroatoms. The number of hydrogen-bond donors (Lipinski definition) is 0. The summed E-state index contributed by atoms with van der Waals surface area (Å²) in [6.45, 7) is 1.99. The van der Waals surface area contributed by atoms with E-state index in [0.717, 1.165) is 16.3 Å². The van der Waals surface area contributed by atoms with E-state index in [-0.39, 0.29) is 0 Å². The fourth-order valence-corrected chi connectivity index (χ4v) is 2.96. The molecule has 0 saturated carbocycles. The van der Waals surface area contributed by atoms with Gasteiger partial charge in [-0.3, -0.25) is 0 Å². The molecule has 0 bridgehead atoms. The fourth-order valence-electron chi connectivity index (χ4n) is 2.96. The molecule has 0 spiro atoms. The van der Waals surface area contributed by atoms with E-state index in [9.17, 15) is 4.79 Å². The molecule has 0 radical (unpaired) electrons. The van der Waals surface area contributed by atoms with Crippen molar-refractivity contribution in [1.82, 2.24) is 0 Å². The number of hydrogen-bond acceptors (Lipinski definition) is 5. The summed E-state index contributed by atoms with van der Waals surface area (Å²) < 4.78 is 22.1. The van der Waals surface area contributed by atoms with Crippen LogP contribution in [0.5, 0.6) is 11.5 Å². The minimum absolute atomic E-state index is 0.312. The van der Waals surface area contributed by atoms with E-state index in [1.165, 1.54) is 0 Å². The number of methoxy groups -OCH3 is 2. The summed E-state index contributed by atoms with van der Waals surface area (Å²) in [5.41, 5.74) is 2.05. The molecule has 0 aliphatic heterocycles. The molecule has 0 amide bonds. The van der Waals surface area contributed by atoms with Crippen molar-refractivity contribution in [2.45, 2.75) is 6.92 Å². The zero-order valence-electron chi connectivity index (χ0n) is 14.1. The van der Waals surface area contributed by atoms with Crippen molar-refractivity contribution in [2.75, 3.05) is 14.2 Å². The molecule has 0 atom stereocenters. The van der Waals surface area contributed by atoms with Gasteiger partial charge in [0.2, 0.25) is 0 Å². The number of benzene rings is 2. The van der Waals surface area contributed by atoms with Gasteiger partial charge in [-0.05, 0) is 43.3 Å². The van der Waals surface area contributed by atoms with Crippen LogP contribution in [0, 0.1) is 6.92 Å². The van der Waals surface area contributed by atoms with Gasteiger partial charge in [0.1, 0.15) is 22.5 Å². The number of aryl methyl sites for hydroxylation is 1. The highest BCUT2D eigenvalue weighted by molar-refractivity contribution is 5.93. The molecule has 2 heterocycles. The van der Waals surface area contributed by atoms with Gasteiger partial charge in [-0.1, -0.05) is 11.6 Å². The summed E-state index contributed by atoms with van der Waals surface area (Å²) in [6.07, 6.45) is 0. The van der Waals surface area contributed by atoms with Gasteiger partial charge in [-0.2, -0.15) is 0 Å². The van der Waals surface area contributed by atoms with E-state index in [2.05, 4.69) is 0 Å². The van der Waals surface area contributed by atoms with Gasteiger partial charge >= 0.3 is 5.63 Å². The lowest BCUT2D eigenvalue weighted by molar-refractivity contribution is 0.413. The standard InChI is InChI=1S/C20H16O5/c1-11-4-6-17-14(8-11)18(23-3)19(24-17)15-10-12-9-13(22-2)5-7-16(12)25-20(15)21/h4-10H,1-3H3. The van der Waals surface area contributed by atoms with Crippen LogP contribution in [0.1, 0.15) is 5.56 Å². The Morgan fingerprint density at radius 3 is 2.44 bits per heavy atom. The molecular weight excluding hydrogens is 320 g/mol. The highest BCUT2D eigenvalue weighted by Crippen LogP contribution is 2.39. The van der Waals surface area contributed by atoms with Gasteiger partial charge < -0.3 is 18.3 Å². The van der Waals surface area contributed by atoms with E-state index >= 15 is 0 Å². The Bertz CT molecular complexity index is 1150. The minimum Gasteiger partial charge on any atom is -0.497 e. The van der Waals surface area contributed by atoms with Crippen LogP contribution >= 0.6 is 0 Å². The lowest BCUT2D eigenvalue weighted by Gasteiger charge is -2.04. The minimum atomic E-state index is -0.480. The van der Waals surface area contributed by atoms with E-state index in [0.29, 0.717) is 34.0 Å². The van der Waals surface area contributed by atoms with E-state index in [1.54, 1.807) is 38.5 Å². The Hall–Kier alpha value is -3.21. The predicted octanol–water partition coefficient (Wildman–Crippen LogP) is 4.53. The first kappa shape index (κ1) is 15.3. The molecule has 126 valence electrons. The maximum Gasteiger partial charge on any atom is 0.347 e. The van der Waals surface area contributed by atoms with Gasteiger partial charge in [0.25, 0.3) is 0 Å². The molecule has 0 aliphatic rings. The summed E-state index contributed by atoms with van der Waals surface area (Å²) in [5, 5.41) is 1.57. The third kappa shape index (κ3) is 2.45. The Labute approximate surface area is 143 Å². The molecule has 0 saturated heterocycles. The molecular formula is C20H16O5. The predicted molar refractivity (Wildman–Crippen MR) is 95.5 cm³/mol. The van der Waals surface area contributed by atoms with Gasteiger partial charge in [-0.25, -0.2) is 4.79 Å². The molecule has 25 heavy (non-hydrogen) atoms. The van der Waals surface area contributed by atoms with Crippen LogP contribution in [0.4, 0.5) is 0 Å². The highest BCUT2D eigenvalue weighted by atomic mass is 16.5. The van der Waals surface area contributed by atoms with Crippen LogP contribution in [0.25, 0.3) is 33.3 Å². The molecule has 5 nitrogen and oxygen atoms in total. The van der Waals surface area contributed by atoms with Crippen LogP contribution in [-0.2, 0) is 0 Å². The van der Waals surface area contributed by atoms with Gasteiger partial charge in [-0.15, -0.1) is 0 Å². The molecule has 0 unspecified atom stereocenters. The van der Waals surface area contributed by atoms with Crippen LogP contribution in [0.2, 0.25) is 0 Å². The average Bonchev–Trinajstić information content (AvgIpc) is 2.98. The van der Waals surface area contributed by atoms with Crippen LogP contribution in [0.3, 0.4) is 0 Å². The van der Waals surface area contributed by atoms with E-state index in [1.807, 2.05) is 25.1 Å². The van der Waals surface area contributed by atoms with Crippen LogP contribution in [-0.4, -0.2) is 14.2 Å². The van der Waals surface area contributed by atoms with Crippen molar-refractivity contribution < 1.29 is 18.3 Å². The molecule has 2 aromatic carbocycles. The normalized spacial score (nSPS) is 11.2. The van der Waals surface area contributed by atoms with Gasteiger partial charge in [0.15, 0.2) is 11.5 Å². The highest BCUT2D eigenvalue weighted by Gasteiger charge is 2.21. The molecule has 4 aromatic rings. The first-order chi connectivity index (χ1) is 12.1. The summed E-state index contributed by atoms with van der Waals surface area (Å²) in [6, 6.07) is 12.8. The second-order valence-corrected chi connectivity index (χ2v) is 5.82. The first-order valence-electron chi connectivity index (χ1n) is 7.80. The van der Waals surface area contributed by atoms with Crippen molar-refractivity contribution in [3.8, 4) is 22.8 Å². The van der Waals surface area contributed by atoms with Crippen LogP contribution in [0.15, 0.2) is 56.1 Å². The zero-order chi connectivity index (χ0) is 17.6. The Morgan fingerprint density at radius 2 is 1.68 bits per heavy atom. The Kier molecular flexibility index (Phi) is 3.50. The average molecular weight is 336 g/mol. The van der Waals surface area contributed by atoms with Gasteiger partial charge in [0, 0.05) is 5.39 Å². The molecule has 4 rings (SSSR count). The van der Waals surface area contributed by atoms with Crippen molar-refractivity contribution in [3.05, 3.63) is 58.4 Å². The van der Waals surface area contributed by atoms with Crippen LogP contribution < -0.4 is 15.1 Å². The lowest BCUT2D eigenvalue weighted by Crippen LogP contribution is -2.03. The summed E-state index contributed by atoms with van der Waals surface area (Å²) >= 11 is 0. The number of furan rings is 1. The monoisotopic (exact) mass is 336 g/mol. The largest absolute Gasteiger partial charge is 0.497 e. The van der Waals surface area contributed by atoms with Gasteiger partial charge in [0.05, 0.1) is 19.6 Å². The lowest BCUT2D eigenvalue weighted by atomic mass is 10.1. The van der Waals surface area contributed by atoms with Crippen molar-refractivity contribution in [3.63, 3.8) is 0 Å². The SMILES string of the molecule is COc1ccc2oc(=O)c(-c3oc4ccc(C)cc4c3OC)cc2c1. The summed E-state index contributed by atoms with van der Waals surface area (Å²) in [4.78, 5) is 12.5. The maximum absolute atomic E-state index is 12.5. The number of fused-ring (bicyclic) bond motifs is 2. The first-order valence-corrected chi connectivity index (χ1v) is 7.80. The number of rotatable bonds is 3. The molecule has 0 N–H and O–H groups in total. The zero-order valence-corrected chi connectivity index (χ0v) is 14.1.